The molecule has 0 fully saturated rings. The largest absolute Gasteiger partial charge is 0.462 e. The number of rotatable bonds is 5. The van der Waals surface area contributed by atoms with Gasteiger partial charge in [0.25, 0.3) is 5.91 Å². The molecule has 4 aromatic rings. The molecule has 8 heteroatoms. The van der Waals surface area contributed by atoms with Gasteiger partial charge in [-0.1, -0.05) is 53.5 Å². The standard InChI is InChI=1S/C23H16Cl2N2O3S/c1-2-30-23(29)19-17(13-7-9-15(24)10-8-13)12-31-22(19)27-21(28)16-11-14-5-3-4-6-18(14)26-20(16)25/h3-12H,2H2,1H3,(H,27,28). The van der Waals surface area contributed by atoms with Crippen LogP contribution in [-0.2, 0) is 4.74 Å². The van der Waals surface area contributed by atoms with E-state index in [0.717, 1.165) is 10.9 Å². The number of para-hydroxylation sites is 1. The molecule has 0 aliphatic carbocycles. The number of hydrogen-bond acceptors (Lipinski definition) is 5. The maximum Gasteiger partial charge on any atom is 0.341 e. The number of ether oxygens (including phenoxy) is 1. The van der Waals surface area contributed by atoms with E-state index in [9.17, 15) is 9.59 Å². The topological polar surface area (TPSA) is 68.3 Å². The van der Waals surface area contributed by atoms with E-state index in [4.69, 9.17) is 27.9 Å². The smallest absolute Gasteiger partial charge is 0.341 e. The molecular weight excluding hydrogens is 455 g/mol. The van der Waals surface area contributed by atoms with Crippen molar-refractivity contribution in [2.24, 2.45) is 0 Å². The van der Waals surface area contributed by atoms with Gasteiger partial charge in [-0.05, 0) is 36.8 Å². The van der Waals surface area contributed by atoms with Gasteiger partial charge in [0.2, 0.25) is 0 Å². The number of aromatic nitrogens is 1. The highest BCUT2D eigenvalue weighted by Gasteiger charge is 2.24. The summed E-state index contributed by atoms with van der Waals surface area (Å²) >= 11 is 13.5. The van der Waals surface area contributed by atoms with E-state index in [2.05, 4.69) is 10.3 Å². The van der Waals surface area contributed by atoms with Gasteiger partial charge < -0.3 is 10.1 Å². The van der Waals surface area contributed by atoms with Gasteiger partial charge in [-0.3, -0.25) is 4.79 Å². The number of nitrogens with zero attached hydrogens (tertiary/aromatic N) is 1. The highest BCUT2D eigenvalue weighted by Crippen LogP contribution is 2.37. The lowest BCUT2D eigenvalue weighted by Crippen LogP contribution is -2.15. The molecule has 0 atom stereocenters. The third-order valence-electron chi connectivity index (χ3n) is 4.57. The van der Waals surface area contributed by atoms with Crippen molar-refractivity contribution in [3.63, 3.8) is 0 Å². The SMILES string of the molecule is CCOC(=O)c1c(-c2ccc(Cl)cc2)csc1NC(=O)c1cc2ccccc2nc1Cl. The Bertz CT molecular complexity index is 1290. The minimum Gasteiger partial charge on any atom is -0.462 e. The lowest BCUT2D eigenvalue weighted by Gasteiger charge is -2.10. The Morgan fingerprint density at radius 1 is 1.10 bits per heavy atom. The summed E-state index contributed by atoms with van der Waals surface area (Å²) in [5, 5.41) is 6.43. The number of anilines is 1. The summed E-state index contributed by atoms with van der Waals surface area (Å²) in [5.41, 5.74) is 2.63. The van der Waals surface area contributed by atoms with Crippen LogP contribution in [0.4, 0.5) is 5.00 Å². The molecule has 0 spiro atoms. The van der Waals surface area contributed by atoms with Crippen LogP contribution in [0.25, 0.3) is 22.0 Å². The van der Waals surface area contributed by atoms with Crippen LogP contribution in [-0.4, -0.2) is 23.5 Å². The molecule has 0 aliphatic heterocycles. The molecule has 0 bridgehead atoms. The number of fused-ring (bicyclic) bond motifs is 1. The molecule has 1 amide bonds. The zero-order chi connectivity index (χ0) is 22.0. The average molecular weight is 471 g/mol. The third-order valence-corrected chi connectivity index (χ3v) is 6.01. The summed E-state index contributed by atoms with van der Waals surface area (Å²) in [5.74, 6) is -0.981. The molecule has 2 heterocycles. The zero-order valence-electron chi connectivity index (χ0n) is 16.3. The number of carbonyl (C=O) groups is 2. The van der Waals surface area contributed by atoms with Crippen molar-refractivity contribution in [1.29, 1.82) is 0 Å². The van der Waals surface area contributed by atoms with Crippen LogP contribution in [0, 0.1) is 0 Å². The van der Waals surface area contributed by atoms with Crippen molar-refractivity contribution in [1.82, 2.24) is 4.98 Å². The summed E-state index contributed by atoms with van der Waals surface area (Å²) in [6.07, 6.45) is 0. The van der Waals surface area contributed by atoms with Crippen molar-refractivity contribution in [2.45, 2.75) is 6.92 Å². The van der Waals surface area contributed by atoms with Crippen LogP contribution in [0.5, 0.6) is 0 Å². The van der Waals surface area contributed by atoms with Crippen molar-refractivity contribution in [3.8, 4) is 11.1 Å². The molecule has 0 radical (unpaired) electrons. The quantitative estimate of drug-likeness (QED) is 0.260. The fourth-order valence-electron chi connectivity index (χ4n) is 3.12. The predicted octanol–water partition coefficient (Wildman–Crippen LogP) is 6.70. The molecule has 0 aliphatic rings. The Morgan fingerprint density at radius 2 is 1.84 bits per heavy atom. The van der Waals surface area contributed by atoms with E-state index in [1.807, 2.05) is 36.4 Å². The zero-order valence-corrected chi connectivity index (χ0v) is 18.6. The van der Waals surface area contributed by atoms with Gasteiger partial charge in [0.05, 0.1) is 17.7 Å². The number of pyridine rings is 1. The van der Waals surface area contributed by atoms with Gasteiger partial charge in [0.1, 0.15) is 15.7 Å². The minimum atomic E-state index is -0.522. The predicted molar refractivity (Wildman–Crippen MR) is 125 cm³/mol. The molecule has 156 valence electrons. The van der Waals surface area contributed by atoms with Gasteiger partial charge in [-0.2, -0.15) is 0 Å². The van der Waals surface area contributed by atoms with Gasteiger partial charge in [0, 0.05) is 21.4 Å². The van der Waals surface area contributed by atoms with Crippen LogP contribution in [0.1, 0.15) is 27.6 Å². The highest BCUT2D eigenvalue weighted by molar-refractivity contribution is 7.15. The van der Waals surface area contributed by atoms with E-state index in [0.29, 0.717) is 21.1 Å². The van der Waals surface area contributed by atoms with Crippen LogP contribution in [0.15, 0.2) is 60.0 Å². The second kappa shape index (κ2) is 9.06. The summed E-state index contributed by atoms with van der Waals surface area (Å²) in [7, 11) is 0. The van der Waals surface area contributed by atoms with E-state index in [-0.39, 0.29) is 22.9 Å². The Kier molecular flexibility index (Phi) is 6.23. The number of hydrogen-bond donors (Lipinski definition) is 1. The van der Waals surface area contributed by atoms with Crippen LogP contribution in [0.2, 0.25) is 10.2 Å². The van der Waals surface area contributed by atoms with Crippen molar-refractivity contribution in [2.75, 3.05) is 11.9 Å². The maximum absolute atomic E-state index is 13.0. The van der Waals surface area contributed by atoms with Gasteiger partial charge in [-0.25, -0.2) is 9.78 Å². The number of esters is 1. The number of halogens is 2. The summed E-state index contributed by atoms with van der Waals surface area (Å²) < 4.78 is 5.23. The third kappa shape index (κ3) is 4.42. The summed E-state index contributed by atoms with van der Waals surface area (Å²) in [6.45, 7) is 1.94. The molecule has 2 aromatic carbocycles. The maximum atomic E-state index is 13.0. The molecule has 0 unspecified atom stereocenters. The Hall–Kier alpha value is -2.93. The lowest BCUT2D eigenvalue weighted by molar-refractivity contribution is 0.0529. The number of nitrogens with one attached hydrogen (secondary N) is 1. The normalized spacial score (nSPS) is 10.8. The molecule has 4 rings (SSSR count). The van der Waals surface area contributed by atoms with Crippen molar-refractivity contribution < 1.29 is 14.3 Å². The first-order chi connectivity index (χ1) is 15.0. The fourth-order valence-corrected chi connectivity index (χ4v) is 4.43. The first kappa shape index (κ1) is 21.3. The van der Waals surface area contributed by atoms with Gasteiger partial charge in [-0.15, -0.1) is 11.3 Å². The monoisotopic (exact) mass is 470 g/mol. The molecule has 2 aromatic heterocycles. The average Bonchev–Trinajstić information content (AvgIpc) is 3.17. The van der Waals surface area contributed by atoms with E-state index >= 15 is 0 Å². The first-order valence-corrected chi connectivity index (χ1v) is 11.0. The van der Waals surface area contributed by atoms with E-state index in [1.165, 1.54) is 11.3 Å². The van der Waals surface area contributed by atoms with Crippen LogP contribution >= 0.6 is 34.5 Å². The molecule has 0 saturated heterocycles. The van der Waals surface area contributed by atoms with E-state index < -0.39 is 11.9 Å². The highest BCUT2D eigenvalue weighted by atomic mass is 35.5. The Balaban J connectivity index is 1.72. The minimum absolute atomic E-state index is 0.0864. The Labute approximate surface area is 192 Å². The molecule has 1 N–H and O–H groups in total. The van der Waals surface area contributed by atoms with Crippen LogP contribution < -0.4 is 5.32 Å². The second-order valence-electron chi connectivity index (χ2n) is 6.55. The van der Waals surface area contributed by atoms with E-state index in [1.54, 1.807) is 30.5 Å². The van der Waals surface area contributed by atoms with Crippen molar-refractivity contribution >= 4 is 62.3 Å². The summed E-state index contributed by atoms with van der Waals surface area (Å²) in [6, 6.07) is 16.1. The van der Waals surface area contributed by atoms with Gasteiger partial charge in [0.15, 0.2) is 0 Å². The fraction of sp³-hybridized carbons (Fsp3) is 0.0870. The lowest BCUT2D eigenvalue weighted by atomic mass is 10.0. The first-order valence-electron chi connectivity index (χ1n) is 9.39. The van der Waals surface area contributed by atoms with Crippen molar-refractivity contribution in [3.05, 3.63) is 81.3 Å². The summed E-state index contributed by atoms with van der Waals surface area (Å²) in [4.78, 5) is 30.0. The number of amides is 1. The second-order valence-corrected chi connectivity index (χ2v) is 8.23. The number of benzene rings is 2. The number of thiophene rings is 1. The molecule has 31 heavy (non-hydrogen) atoms. The molecular formula is C23H16Cl2N2O3S. The molecule has 5 nitrogen and oxygen atoms in total. The Morgan fingerprint density at radius 3 is 2.58 bits per heavy atom. The molecule has 0 saturated carbocycles. The number of carbonyl (C=O) groups excluding carboxylic acids is 2. The van der Waals surface area contributed by atoms with Crippen LogP contribution in [0.3, 0.4) is 0 Å². The van der Waals surface area contributed by atoms with Gasteiger partial charge >= 0.3 is 5.97 Å².